The molecule has 136 valence electrons. The van der Waals surface area contributed by atoms with Crippen LogP contribution in [0.2, 0.25) is 11.6 Å². The molecule has 23 heavy (non-hydrogen) atoms. The molecule has 0 aliphatic carbocycles. The normalized spacial score (nSPS) is 15.6. The molecule has 0 heterocycles. The third-order valence-corrected chi connectivity index (χ3v) is 8.70. The van der Waals surface area contributed by atoms with E-state index in [9.17, 15) is 9.59 Å². The Morgan fingerprint density at radius 2 is 1.48 bits per heavy atom. The molecule has 0 aliphatic heterocycles. The van der Waals surface area contributed by atoms with Crippen molar-refractivity contribution in [3.8, 4) is 0 Å². The number of carbonyl (C=O) groups excluding carboxylic acids is 2. The number of hydrogen-bond donors (Lipinski definition) is 1. The van der Waals surface area contributed by atoms with Crippen LogP contribution >= 0.6 is 0 Å². The van der Waals surface area contributed by atoms with Gasteiger partial charge < -0.3 is 19.2 Å². The second-order valence-electron chi connectivity index (χ2n) is 8.44. The number of carbonyl (C=O) groups is 2. The summed E-state index contributed by atoms with van der Waals surface area (Å²) in [7, 11) is -1.18. The molecular weight excluding hydrogens is 314 g/mol. The maximum Gasteiger partial charge on any atom is 0.407 e. The van der Waals surface area contributed by atoms with E-state index in [2.05, 4.69) is 5.32 Å². The summed E-state index contributed by atoms with van der Waals surface area (Å²) in [5.41, 5.74) is -1.63. The third-order valence-electron chi connectivity index (χ3n) is 3.71. The molecule has 0 aromatic rings. The SMILES string of the molecule is COC(=O)C(C)(C)O[Si](C)(CNC(=O)OC(C)(C)C)C(C)(C)C. The van der Waals surface area contributed by atoms with Gasteiger partial charge in [-0.2, -0.15) is 0 Å². The van der Waals surface area contributed by atoms with Gasteiger partial charge in [-0.05, 0) is 46.2 Å². The Morgan fingerprint density at radius 3 is 1.83 bits per heavy atom. The van der Waals surface area contributed by atoms with Gasteiger partial charge in [-0.25, -0.2) is 9.59 Å². The van der Waals surface area contributed by atoms with Gasteiger partial charge in [0.25, 0.3) is 0 Å². The summed E-state index contributed by atoms with van der Waals surface area (Å²) in [6, 6.07) is 0. The van der Waals surface area contributed by atoms with Gasteiger partial charge in [0.2, 0.25) is 8.32 Å². The molecule has 1 amide bonds. The number of esters is 1. The molecule has 1 atom stereocenters. The van der Waals surface area contributed by atoms with E-state index in [-0.39, 0.29) is 5.04 Å². The van der Waals surface area contributed by atoms with Gasteiger partial charge in [0.1, 0.15) is 11.2 Å². The quantitative estimate of drug-likeness (QED) is 0.609. The predicted molar refractivity (Wildman–Crippen MR) is 92.7 cm³/mol. The van der Waals surface area contributed by atoms with Crippen LogP contribution in [0.4, 0.5) is 4.79 Å². The summed E-state index contributed by atoms with van der Waals surface area (Å²) in [6.07, 6.45) is -0.147. The second-order valence-corrected chi connectivity index (χ2v) is 13.0. The average molecular weight is 348 g/mol. The zero-order valence-corrected chi connectivity index (χ0v) is 17.2. The summed E-state index contributed by atoms with van der Waals surface area (Å²) in [5, 5.41) is 2.59. The molecule has 0 aromatic carbocycles. The van der Waals surface area contributed by atoms with Gasteiger partial charge in [0.15, 0.2) is 0 Å². The lowest BCUT2D eigenvalue weighted by atomic mass is 10.1. The number of rotatable bonds is 5. The number of alkyl carbamates (subject to hydrolysis) is 1. The van der Waals surface area contributed by atoms with E-state index in [0.29, 0.717) is 6.17 Å². The lowest BCUT2D eigenvalue weighted by Gasteiger charge is -2.43. The van der Waals surface area contributed by atoms with E-state index in [0.717, 1.165) is 0 Å². The van der Waals surface area contributed by atoms with Gasteiger partial charge >= 0.3 is 12.1 Å². The highest BCUT2D eigenvalue weighted by atomic mass is 28.4. The van der Waals surface area contributed by atoms with E-state index in [1.54, 1.807) is 13.8 Å². The van der Waals surface area contributed by atoms with E-state index in [4.69, 9.17) is 13.9 Å². The summed E-state index contributed by atoms with van der Waals surface area (Å²) in [6.45, 7) is 16.9. The van der Waals surface area contributed by atoms with Crippen molar-refractivity contribution in [2.75, 3.05) is 13.3 Å². The fraction of sp³-hybridized carbons (Fsp3) is 0.875. The van der Waals surface area contributed by atoms with Crippen molar-refractivity contribution >= 4 is 20.4 Å². The maximum atomic E-state index is 11.9. The van der Waals surface area contributed by atoms with Gasteiger partial charge in [-0.15, -0.1) is 0 Å². The highest BCUT2D eigenvalue weighted by molar-refractivity contribution is 6.76. The molecule has 0 radical (unpaired) electrons. The van der Waals surface area contributed by atoms with E-state index in [1.807, 2.05) is 48.1 Å². The Morgan fingerprint density at radius 1 is 1.00 bits per heavy atom. The van der Waals surface area contributed by atoms with Crippen molar-refractivity contribution in [1.82, 2.24) is 5.32 Å². The Bertz CT molecular complexity index is 437. The molecule has 1 N–H and O–H groups in total. The van der Waals surface area contributed by atoms with Crippen LogP contribution in [-0.4, -0.2) is 44.9 Å². The highest BCUT2D eigenvalue weighted by Crippen LogP contribution is 2.39. The van der Waals surface area contributed by atoms with Crippen molar-refractivity contribution in [2.45, 2.75) is 78.2 Å². The largest absolute Gasteiger partial charge is 0.467 e. The highest BCUT2D eigenvalue weighted by Gasteiger charge is 2.48. The van der Waals surface area contributed by atoms with Crippen LogP contribution in [0.1, 0.15) is 55.4 Å². The van der Waals surface area contributed by atoms with Crippen LogP contribution in [-0.2, 0) is 18.7 Å². The molecule has 0 aliphatic rings. The van der Waals surface area contributed by atoms with Crippen molar-refractivity contribution in [2.24, 2.45) is 0 Å². The lowest BCUT2D eigenvalue weighted by Crippen LogP contribution is -2.59. The molecule has 0 aromatic heterocycles. The van der Waals surface area contributed by atoms with E-state index < -0.39 is 31.6 Å². The molecule has 0 saturated heterocycles. The third kappa shape index (κ3) is 6.91. The topological polar surface area (TPSA) is 73.9 Å². The van der Waals surface area contributed by atoms with Crippen molar-refractivity contribution in [1.29, 1.82) is 0 Å². The zero-order chi connectivity index (χ0) is 18.7. The molecule has 0 rings (SSSR count). The first-order valence-corrected chi connectivity index (χ1v) is 10.4. The Labute approximate surface area is 141 Å². The summed E-state index contributed by atoms with van der Waals surface area (Å²) in [4.78, 5) is 23.9. The van der Waals surface area contributed by atoms with E-state index >= 15 is 0 Å². The van der Waals surface area contributed by atoms with Crippen LogP contribution in [0.3, 0.4) is 0 Å². The Balaban J connectivity index is 5.16. The first-order chi connectivity index (χ1) is 10.0. The van der Waals surface area contributed by atoms with Crippen LogP contribution in [0.25, 0.3) is 0 Å². The number of amides is 1. The van der Waals surface area contributed by atoms with Gasteiger partial charge in [0.05, 0.1) is 7.11 Å². The van der Waals surface area contributed by atoms with Gasteiger partial charge in [-0.3, -0.25) is 0 Å². The molecule has 0 spiro atoms. The number of ether oxygens (including phenoxy) is 2. The van der Waals surface area contributed by atoms with Crippen molar-refractivity contribution in [3.63, 3.8) is 0 Å². The average Bonchev–Trinajstić information content (AvgIpc) is 2.31. The fourth-order valence-corrected chi connectivity index (χ4v) is 4.46. The molecule has 0 fully saturated rings. The zero-order valence-electron chi connectivity index (χ0n) is 16.2. The fourth-order valence-electron chi connectivity index (χ4n) is 1.86. The molecule has 6 nitrogen and oxygen atoms in total. The number of methoxy groups -OCH3 is 1. The van der Waals surface area contributed by atoms with Crippen LogP contribution < -0.4 is 5.32 Å². The number of hydrogen-bond acceptors (Lipinski definition) is 5. The standard InChI is InChI=1S/C16H33NO5Si/c1-14(2,3)21-13(19)17-11-23(10,15(4,5)6)22-16(7,8)12(18)20-9/h11H2,1-10H3,(H,17,19). The first kappa shape index (κ1) is 21.9. The van der Waals surface area contributed by atoms with Gasteiger partial charge in [-0.1, -0.05) is 20.8 Å². The summed E-state index contributed by atoms with van der Waals surface area (Å²) in [5.74, 6) is -0.433. The van der Waals surface area contributed by atoms with Gasteiger partial charge in [0, 0.05) is 6.17 Å². The van der Waals surface area contributed by atoms with Crippen LogP contribution in [0.15, 0.2) is 0 Å². The minimum absolute atomic E-state index is 0.201. The maximum absolute atomic E-state index is 11.9. The monoisotopic (exact) mass is 347 g/mol. The first-order valence-electron chi connectivity index (χ1n) is 7.79. The number of nitrogens with one attached hydrogen (secondary N) is 1. The summed E-state index contributed by atoms with van der Waals surface area (Å²) >= 11 is 0. The minimum Gasteiger partial charge on any atom is -0.467 e. The Kier molecular flexibility index (Phi) is 6.87. The summed E-state index contributed by atoms with van der Waals surface area (Å²) < 4.78 is 16.3. The molecule has 1 unspecified atom stereocenters. The van der Waals surface area contributed by atoms with Crippen molar-refractivity contribution < 1.29 is 23.5 Å². The Hall–Kier alpha value is -1.08. The molecule has 0 bridgehead atoms. The molecule has 7 heteroatoms. The van der Waals surface area contributed by atoms with Crippen LogP contribution in [0.5, 0.6) is 0 Å². The van der Waals surface area contributed by atoms with Crippen molar-refractivity contribution in [3.05, 3.63) is 0 Å². The second kappa shape index (κ2) is 7.21. The molecular formula is C16H33NO5Si. The minimum atomic E-state index is -2.52. The smallest absolute Gasteiger partial charge is 0.407 e. The van der Waals surface area contributed by atoms with Crippen LogP contribution in [0, 0.1) is 0 Å². The predicted octanol–water partition coefficient (Wildman–Crippen LogP) is 3.39. The van der Waals surface area contributed by atoms with E-state index in [1.165, 1.54) is 7.11 Å². The lowest BCUT2D eigenvalue weighted by molar-refractivity contribution is -0.157. The molecule has 0 saturated carbocycles.